The van der Waals surface area contributed by atoms with E-state index in [0.29, 0.717) is 24.7 Å². The number of methoxy groups -OCH3 is 1. The predicted octanol–water partition coefficient (Wildman–Crippen LogP) is 2.53. The molecule has 0 aliphatic carbocycles. The van der Waals surface area contributed by atoms with Gasteiger partial charge in [-0.2, -0.15) is 0 Å². The Kier molecular flexibility index (Phi) is 7.36. The van der Waals surface area contributed by atoms with Crippen LogP contribution >= 0.6 is 0 Å². The molecule has 0 aliphatic heterocycles. The molecule has 5 heteroatoms. The number of hydrogen-bond acceptors (Lipinski definition) is 5. The highest BCUT2D eigenvalue weighted by Crippen LogP contribution is 2.30. The third-order valence-electron chi connectivity index (χ3n) is 2.75. The van der Waals surface area contributed by atoms with Gasteiger partial charge in [0.05, 0.1) is 13.2 Å². The van der Waals surface area contributed by atoms with Gasteiger partial charge in [-0.15, -0.1) is 0 Å². The standard InChI is InChI=1S/C15H24O5/c1-5-18-15(19-6-2)10-20-13-8-7-12(11(3)16)9-14(13)17-4/h7-9,11,15-16H,5-6,10H2,1-4H3/t11-/m0/s1. The van der Waals surface area contributed by atoms with Gasteiger partial charge in [0.1, 0.15) is 6.61 Å². The fraction of sp³-hybridized carbons (Fsp3) is 0.600. The zero-order valence-electron chi connectivity index (χ0n) is 12.6. The Balaban J connectivity index is 2.71. The Bertz CT molecular complexity index is 386. The molecule has 0 saturated heterocycles. The molecule has 0 unspecified atom stereocenters. The van der Waals surface area contributed by atoms with Crippen molar-refractivity contribution in [3.8, 4) is 11.5 Å². The molecule has 0 fully saturated rings. The maximum absolute atomic E-state index is 9.56. The normalized spacial score (nSPS) is 12.5. The van der Waals surface area contributed by atoms with Crippen LogP contribution in [0.15, 0.2) is 18.2 Å². The molecule has 1 N–H and O–H groups in total. The van der Waals surface area contributed by atoms with Crippen LogP contribution in [0, 0.1) is 0 Å². The predicted molar refractivity (Wildman–Crippen MR) is 76.2 cm³/mol. The quantitative estimate of drug-likeness (QED) is 0.706. The highest BCUT2D eigenvalue weighted by atomic mass is 16.7. The van der Waals surface area contributed by atoms with Crippen LogP contribution in [0.3, 0.4) is 0 Å². The van der Waals surface area contributed by atoms with Crippen molar-refractivity contribution in [3.05, 3.63) is 23.8 Å². The molecule has 0 amide bonds. The van der Waals surface area contributed by atoms with Crippen LogP contribution in [-0.4, -0.2) is 38.3 Å². The number of aliphatic hydroxyl groups excluding tert-OH is 1. The number of hydrogen-bond donors (Lipinski definition) is 1. The molecule has 1 atom stereocenters. The lowest BCUT2D eigenvalue weighted by Gasteiger charge is -2.19. The minimum atomic E-state index is -0.544. The SMILES string of the molecule is CCOC(COc1ccc([C@H](C)O)cc1OC)OCC. The molecular weight excluding hydrogens is 260 g/mol. The van der Waals surface area contributed by atoms with E-state index in [1.165, 1.54) is 0 Å². The lowest BCUT2D eigenvalue weighted by molar-refractivity contribution is -0.152. The molecule has 0 radical (unpaired) electrons. The summed E-state index contributed by atoms with van der Waals surface area (Å²) in [5.74, 6) is 1.18. The van der Waals surface area contributed by atoms with Crippen molar-refractivity contribution in [1.29, 1.82) is 0 Å². The number of ether oxygens (including phenoxy) is 4. The van der Waals surface area contributed by atoms with Crippen molar-refractivity contribution in [2.75, 3.05) is 26.9 Å². The van der Waals surface area contributed by atoms with Crippen LogP contribution in [0.2, 0.25) is 0 Å². The zero-order chi connectivity index (χ0) is 15.0. The summed E-state index contributed by atoms with van der Waals surface area (Å²) in [6.07, 6.45) is -0.941. The third-order valence-corrected chi connectivity index (χ3v) is 2.75. The van der Waals surface area contributed by atoms with Gasteiger partial charge in [-0.1, -0.05) is 6.07 Å². The van der Waals surface area contributed by atoms with Crippen molar-refractivity contribution in [2.24, 2.45) is 0 Å². The van der Waals surface area contributed by atoms with Gasteiger partial charge in [0.2, 0.25) is 0 Å². The van der Waals surface area contributed by atoms with Gasteiger partial charge in [-0.3, -0.25) is 0 Å². The third kappa shape index (κ3) is 5.00. The molecule has 20 heavy (non-hydrogen) atoms. The van der Waals surface area contributed by atoms with Crippen LogP contribution in [0.4, 0.5) is 0 Å². The summed E-state index contributed by atoms with van der Waals surface area (Å²) in [6, 6.07) is 5.34. The van der Waals surface area contributed by atoms with Crippen LogP contribution in [0.5, 0.6) is 11.5 Å². The van der Waals surface area contributed by atoms with E-state index in [1.807, 2.05) is 13.8 Å². The van der Waals surface area contributed by atoms with E-state index in [9.17, 15) is 5.11 Å². The maximum atomic E-state index is 9.56. The average Bonchev–Trinajstić information content (AvgIpc) is 2.45. The van der Waals surface area contributed by atoms with E-state index in [4.69, 9.17) is 18.9 Å². The van der Waals surface area contributed by atoms with Gasteiger partial charge in [0.15, 0.2) is 17.8 Å². The van der Waals surface area contributed by atoms with E-state index >= 15 is 0 Å². The molecule has 0 spiro atoms. The lowest BCUT2D eigenvalue weighted by atomic mass is 10.1. The smallest absolute Gasteiger partial charge is 0.191 e. The Morgan fingerprint density at radius 3 is 2.25 bits per heavy atom. The lowest BCUT2D eigenvalue weighted by Crippen LogP contribution is -2.25. The van der Waals surface area contributed by atoms with Gasteiger partial charge in [-0.25, -0.2) is 0 Å². The van der Waals surface area contributed by atoms with E-state index in [1.54, 1.807) is 32.2 Å². The fourth-order valence-electron chi connectivity index (χ4n) is 1.74. The first kappa shape index (κ1) is 16.8. The molecule has 0 bridgehead atoms. The summed E-state index contributed by atoms with van der Waals surface area (Å²) in [6.45, 7) is 6.92. The molecule has 0 saturated carbocycles. The van der Waals surface area contributed by atoms with Crippen molar-refractivity contribution in [2.45, 2.75) is 33.2 Å². The van der Waals surface area contributed by atoms with Gasteiger partial charge in [0.25, 0.3) is 0 Å². The number of rotatable bonds is 9. The topological polar surface area (TPSA) is 57.2 Å². The average molecular weight is 284 g/mol. The summed E-state index contributed by atoms with van der Waals surface area (Å²) in [5.41, 5.74) is 0.778. The largest absolute Gasteiger partial charge is 0.493 e. The zero-order valence-corrected chi connectivity index (χ0v) is 12.6. The summed E-state index contributed by atoms with van der Waals surface area (Å²) >= 11 is 0. The van der Waals surface area contributed by atoms with Crippen molar-refractivity contribution >= 4 is 0 Å². The van der Waals surface area contributed by atoms with Crippen LogP contribution in [0.1, 0.15) is 32.4 Å². The molecule has 0 aliphatic rings. The highest BCUT2D eigenvalue weighted by Gasteiger charge is 2.13. The second-order valence-corrected chi connectivity index (χ2v) is 4.24. The second kappa shape index (κ2) is 8.79. The van der Waals surface area contributed by atoms with E-state index in [-0.39, 0.29) is 6.61 Å². The Hall–Kier alpha value is -1.30. The van der Waals surface area contributed by atoms with Crippen LogP contribution in [-0.2, 0) is 9.47 Å². The van der Waals surface area contributed by atoms with Gasteiger partial charge >= 0.3 is 0 Å². The van der Waals surface area contributed by atoms with Crippen molar-refractivity contribution in [3.63, 3.8) is 0 Å². The molecule has 1 aromatic carbocycles. The summed E-state index contributed by atoms with van der Waals surface area (Å²) in [5, 5.41) is 9.56. The number of benzene rings is 1. The summed E-state index contributed by atoms with van der Waals surface area (Å²) in [4.78, 5) is 0. The molecule has 0 aromatic heterocycles. The summed E-state index contributed by atoms with van der Waals surface area (Å²) < 4.78 is 21.8. The van der Waals surface area contributed by atoms with Crippen LogP contribution < -0.4 is 9.47 Å². The van der Waals surface area contributed by atoms with Gasteiger partial charge in [0, 0.05) is 13.2 Å². The maximum Gasteiger partial charge on any atom is 0.191 e. The first-order valence-corrected chi connectivity index (χ1v) is 6.84. The Morgan fingerprint density at radius 2 is 1.75 bits per heavy atom. The van der Waals surface area contributed by atoms with Crippen molar-refractivity contribution < 1.29 is 24.1 Å². The second-order valence-electron chi connectivity index (χ2n) is 4.24. The molecule has 114 valence electrons. The van der Waals surface area contributed by atoms with Crippen molar-refractivity contribution in [1.82, 2.24) is 0 Å². The molecular formula is C15H24O5. The highest BCUT2D eigenvalue weighted by molar-refractivity contribution is 5.43. The Morgan fingerprint density at radius 1 is 1.10 bits per heavy atom. The van der Waals surface area contributed by atoms with E-state index in [0.717, 1.165) is 5.56 Å². The molecule has 5 nitrogen and oxygen atoms in total. The monoisotopic (exact) mass is 284 g/mol. The van der Waals surface area contributed by atoms with Crippen LogP contribution in [0.25, 0.3) is 0 Å². The van der Waals surface area contributed by atoms with E-state index < -0.39 is 12.4 Å². The van der Waals surface area contributed by atoms with Gasteiger partial charge < -0.3 is 24.1 Å². The summed E-state index contributed by atoms with van der Waals surface area (Å²) in [7, 11) is 1.57. The minimum absolute atomic E-state index is 0.284. The number of aliphatic hydroxyl groups is 1. The van der Waals surface area contributed by atoms with Gasteiger partial charge in [-0.05, 0) is 38.5 Å². The molecule has 1 aromatic rings. The first-order valence-electron chi connectivity index (χ1n) is 6.84. The Labute approximate surface area is 120 Å². The first-order chi connectivity index (χ1) is 9.62. The minimum Gasteiger partial charge on any atom is -0.493 e. The van der Waals surface area contributed by atoms with E-state index in [2.05, 4.69) is 0 Å². The molecule has 0 heterocycles. The fourth-order valence-corrected chi connectivity index (χ4v) is 1.74. The molecule has 1 rings (SSSR count).